The number of carbonyl (C=O) groups is 2. The van der Waals surface area contributed by atoms with Crippen LogP contribution in [0.5, 0.6) is 0 Å². The zero-order valence-electron chi connectivity index (χ0n) is 15.8. The molecule has 5 nitrogen and oxygen atoms in total. The summed E-state index contributed by atoms with van der Waals surface area (Å²) in [5, 5.41) is 10.5. The van der Waals surface area contributed by atoms with Gasteiger partial charge in [0, 0.05) is 6.42 Å². The van der Waals surface area contributed by atoms with Crippen molar-refractivity contribution in [1.29, 1.82) is 0 Å². The molecule has 2 fully saturated rings. The van der Waals surface area contributed by atoms with Crippen LogP contribution in [0.15, 0.2) is 16.7 Å². The third kappa shape index (κ3) is 2.09. The highest BCUT2D eigenvalue weighted by Crippen LogP contribution is 2.65. The van der Waals surface area contributed by atoms with E-state index < -0.39 is 16.8 Å². The monoisotopic (exact) mass is 360 g/mol. The van der Waals surface area contributed by atoms with Crippen molar-refractivity contribution in [3.63, 3.8) is 0 Å². The third-order valence-electron chi connectivity index (χ3n) is 8.01. The Morgan fingerprint density at radius 2 is 2.08 bits per heavy atom. The topological polar surface area (TPSA) is 76.7 Å². The Morgan fingerprint density at radius 3 is 2.77 bits per heavy atom. The molecule has 5 heteroatoms. The van der Waals surface area contributed by atoms with Crippen LogP contribution in [-0.2, 0) is 20.7 Å². The van der Waals surface area contributed by atoms with E-state index in [-0.39, 0.29) is 17.8 Å². The van der Waals surface area contributed by atoms with E-state index in [0.717, 1.165) is 25.0 Å². The van der Waals surface area contributed by atoms with Gasteiger partial charge in [0.15, 0.2) is 0 Å². The molecule has 0 aromatic carbocycles. The first-order valence-electron chi connectivity index (χ1n) is 9.74. The van der Waals surface area contributed by atoms with Crippen LogP contribution < -0.4 is 0 Å². The number of esters is 1. The molecule has 6 atom stereocenters. The lowest BCUT2D eigenvalue weighted by atomic mass is 9.42. The summed E-state index contributed by atoms with van der Waals surface area (Å²) in [5.74, 6) is 0.391. The van der Waals surface area contributed by atoms with E-state index in [1.165, 1.54) is 12.7 Å². The predicted molar refractivity (Wildman–Crippen MR) is 94.6 cm³/mol. The second kappa shape index (κ2) is 5.86. The Hall–Kier alpha value is -1.78. The smallest absolute Gasteiger partial charge is 0.311 e. The van der Waals surface area contributed by atoms with Crippen molar-refractivity contribution < 1.29 is 23.8 Å². The molecule has 1 aromatic rings. The fourth-order valence-electron chi connectivity index (χ4n) is 6.80. The highest BCUT2D eigenvalue weighted by Gasteiger charge is 2.66. The van der Waals surface area contributed by atoms with Crippen molar-refractivity contribution in [2.24, 2.45) is 28.6 Å². The van der Waals surface area contributed by atoms with Gasteiger partial charge in [0.2, 0.25) is 0 Å². The van der Waals surface area contributed by atoms with E-state index in [1.807, 2.05) is 13.0 Å². The van der Waals surface area contributed by atoms with Gasteiger partial charge in [0.25, 0.3) is 0 Å². The number of carbonyl (C=O) groups excluding carboxylic acids is 1. The summed E-state index contributed by atoms with van der Waals surface area (Å²) in [6.45, 7) is 4.12. The van der Waals surface area contributed by atoms with Crippen molar-refractivity contribution >= 4 is 11.9 Å². The SMILES string of the molecule is COC(=O)[C@@]1(C)CCC[C@]2(C(=O)O)C3Cc4occc4[C@H](C)[C@@H]3CCC21. The average Bonchev–Trinajstić information content (AvgIpc) is 3.10. The van der Waals surface area contributed by atoms with Crippen LogP contribution in [0.25, 0.3) is 0 Å². The fourth-order valence-corrected chi connectivity index (χ4v) is 6.80. The molecule has 0 amide bonds. The van der Waals surface area contributed by atoms with Gasteiger partial charge in [-0.1, -0.05) is 13.3 Å². The number of fused-ring (bicyclic) bond motifs is 4. The van der Waals surface area contributed by atoms with Crippen LogP contribution in [0.3, 0.4) is 0 Å². The molecule has 0 spiro atoms. The number of carboxylic acids is 1. The first-order chi connectivity index (χ1) is 12.4. The zero-order valence-corrected chi connectivity index (χ0v) is 15.8. The molecule has 0 aliphatic heterocycles. The lowest BCUT2D eigenvalue weighted by Crippen LogP contribution is -2.61. The molecule has 4 rings (SSSR count). The minimum atomic E-state index is -0.872. The molecule has 1 N–H and O–H groups in total. The van der Waals surface area contributed by atoms with Crippen molar-refractivity contribution in [3.05, 3.63) is 23.7 Å². The number of rotatable bonds is 2. The van der Waals surface area contributed by atoms with E-state index in [0.29, 0.717) is 31.1 Å². The normalized spacial score (nSPS) is 41.5. The Morgan fingerprint density at radius 1 is 1.31 bits per heavy atom. The number of hydrogen-bond acceptors (Lipinski definition) is 4. The molecule has 2 saturated carbocycles. The summed E-state index contributed by atoms with van der Waals surface area (Å²) < 4.78 is 10.8. The number of aliphatic carboxylic acids is 1. The summed E-state index contributed by atoms with van der Waals surface area (Å²) in [4.78, 5) is 25.4. The van der Waals surface area contributed by atoms with Gasteiger partial charge in [0.05, 0.1) is 24.2 Å². The van der Waals surface area contributed by atoms with E-state index in [9.17, 15) is 14.7 Å². The maximum Gasteiger partial charge on any atom is 0.311 e. The molecule has 0 bridgehead atoms. The van der Waals surface area contributed by atoms with Gasteiger partial charge in [-0.3, -0.25) is 9.59 Å². The molecule has 26 heavy (non-hydrogen) atoms. The zero-order chi connectivity index (χ0) is 18.7. The summed E-state index contributed by atoms with van der Waals surface area (Å²) in [7, 11) is 1.41. The summed E-state index contributed by atoms with van der Waals surface area (Å²) in [5.41, 5.74) is -0.358. The van der Waals surface area contributed by atoms with Crippen molar-refractivity contribution in [2.45, 2.75) is 58.3 Å². The minimum absolute atomic E-state index is 0.0108. The van der Waals surface area contributed by atoms with Gasteiger partial charge >= 0.3 is 11.9 Å². The van der Waals surface area contributed by atoms with Gasteiger partial charge in [-0.25, -0.2) is 0 Å². The predicted octanol–water partition coefficient (Wildman–Crippen LogP) is 4.02. The second-order valence-electron chi connectivity index (χ2n) is 8.80. The van der Waals surface area contributed by atoms with Crippen LogP contribution in [0.4, 0.5) is 0 Å². The molecular weight excluding hydrogens is 332 g/mol. The highest BCUT2D eigenvalue weighted by molar-refractivity contribution is 5.82. The first kappa shape index (κ1) is 17.6. The lowest BCUT2D eigenvalue weighted by molar-refractivity contribution is -0.192. The van der Waals surface area contributed by atoms with Crippen molar-refractivity contribution in [2.75, 3.05) is 7.11 Å². The van der Waals surface area contributed by atoms with Gasteiger partial charge in [-0.15, -0.1) is 0 Å². The largest absolute Gasteiger partial charge is 0.481 e. The Balaban J connectivity index is 1.83. The highest BCUT2D eigenvalue weighted by atomic mass is 16.5. The lowest BCUT2D eigenvalue weighted by Gasteiger charge is -2.59. The molecule has 2 unspecified atom stereocenters. The molecule has 1 heterocycles. The van der Waals surface area contributed by atoms with Crippen molar-refractivity contribution in [3.8, 4) is 0 Å². The number of carboxylic acid groups (broad SMARTS) is 1. The first-order valence-corrected chi connectivity index (χ1v) is 9.74. The van der Waals surface area contributed by atoms with Crippen LogP contribution in [0.1, 0.15) is 63.2 Å². The summed E-state index contributed by atoms with van der Waals surface area (Å²) in [6, 6.07) is 2.04. The second-order valence-corrected chi connectivity index (χ2v) is 8.80. The van der Waals surface area contributed by atoms with Gasteiger partial charge in [-0.05, 0) is 67.9 Å². The Bertz CT molecular complexity index is 737. The minimum Gasteiger partial charge on any atom is -0.481 e. The summed E-state index contributed by atoms with van der Waals surface area (Å²) >= 11 is 0. The maximum atomic E-state index is 12.7. The number of hydrogen-bond donors (Lipinski definition) is 1. The molecule has 142 valence electrons. The quantitative estimate of drug-likeness (QED) is 0.806. The molecule has 3 aliphatic rings. The number of furan rings is 1. The van der Waals surface area contributed by atoms with Crippen LogP contribution in [0, 0.1) is 28.6 Å². The molecule has 3 aliphatic carbocycles. The Kier molecular flexibility index (Phi) is 3.97. The standard InChI is InChI=1S/C21H28O5/c1-12-13-5-6-17-20(2,19(24)25-3)8-4-9-21(17,18(22)23)15(13)11-16-14(12)7-10-26-16/h7,10,12-13,15,17H,4-6,8-9,11H2,1-3H3,(H,22,23)/t12-,13+,15?,17?,20+,21+/m1/s1. The van der Waals surface area contributed by atoms with Gasteiger partial charge in [-0.2, -0.15) is 0 Å². The van der Waals surface area contributed by atoms with Crippen LogP contribution >= 0.6 is 0 Å². The van der Waals surface area contributed by atoms with E-state index >= 15 is 0 Å². The van der Waals surface area contributed by atoms with E-state index in [4.69, 9.17) is 9.15 Å². The van der Waals surface area contributed by atoms with E-state index in [1.54, 1.807) is 6.26 Å². The van der Waals surface area contributed by atoms with Crippen LogP contribution in [-0.4, -0.2) is 24.2 Å². The molecule has 1 aromatic heterocycles. The third-order valence-corrected chi connectivity index (χ3v) is 8.01. The van der Waals surface area contributed by atoms with E-state index in [2.05, 4.69) is 6.92 Å². The maximum absolute atomic E-state index is 12.7. The molecular formula is C21H28O5. The Labute approximate surface area is 154 Å². The number of methoxy groups -OCH3 is 1. The fraction of sp³-hybridized carbons (Fsp3) is 0.714. The van der Waals surface area contributed by atoms with Crippen LogP contribution in [0.2, 0.25) is 0 Å². The average molecular weight is 360 g/mol. The van der Waals surface area contributed by atoms with Gasteiger partial charge in [0.1, 0.15) is 5.76 Å². The number of ether oxygens (including phenoxy) is 1. The van der Waals surface area contributed by atoms with Gasteiger partial charge < -0.3 is 14.3 Å². The molecule has 0 radical (unpaired) electrons. The van der Waals surface area contributed by atoms with Crippen molar-refractivity contribution in [1.82, 2.24) is 0 Å². The summed E-state index contributed by atoms with van der Waals surface area (Å²) in [6.07, 6.45) is 6.22. The molecule has 0 saturated heterocycles.